The van der Waals surface area contributed by atoms with Gasteiger partial charge in [-0.15, -0.1) is 0 Å². The number of nitrogens with zero attached hydrogens (tertiary/aromatic N) is 1. The predicted molar refractivity (Wildman–Crippen MR) is 98.1 cm³/mol. The number of carbonyl (C=O) groups excluding carboxylic acids is 2. The first-order valence-corrected chi connectivity index (χ1v) is 9.35. The molecule has 1 aliphatic carbocycles. The van der Waals surface area contributed by atoms with Gasteiger partial charge in [0.05, 0.1) is 5.54 Å². The Kier molecular flexibility index (Phi) is 5.76. The van der Waals surface area contributed by atoms with Gasteiger partial charge >= 0.3 is 6.03 Å². The minimum absolute atomic E-state index is 0.0592. The summed E-state index contributed by atoms with van der Waals surface area (Å²) in [7, 11) is 0. The quantitative estimate of drug-likeness (QED) is 0.769. The van der Waals surface area contributed by atoms with Crippen molar-refractivity contribution in [2.75, 3.05) is 25.0 Å². The van der Waals surface area contributed by atoms with E-state index < -0.39 is 11.4 Å². The van der Waals surface area contributed by atoms with Crippen molar-refractivity contribution in [1.29, 1.82) is 0 Å². The maximum absolute atomic E-state index is 13.2. The topological polar surface area (TPSA) is 87.5 Å². The van der Waals surface area contributed by atoms with Gasteiger partial charge in [-0.3, -0.25) is 4.79 Å². The van der Waals surface area contributed by atoms with Gasteiger partial charge in [0.1, 0.15) is 5.82 Å². The Morgan fingerprint density at radius 1 is 1.27 bits per heavy atom. The van der Waals surface area contributed by atoms with Crippen molar-refractivity contribution in [3.05, 3.63) is 30.1 Å². The van der Waals surface area contributed by atoms with E-state index in [0.29, 0.717) is 18.8 Å². The van der Waals surface area contributed by atoms with Crippen LogP contribution in [0.1, 0.15) is 38.5 Å². The standard InChI is InChI=1S/C19H27FN4O2/c20-15-6-3-7-16(11-15)23-18(26)22-12-14-5-4-10-24(13-14)17(25)19(21)8-1-2-9-19/h3,6-7,11,14H,1-2,4-5,8-10,12-13,21H2,(H2,22,23,26). The molecule has 1 unspecified atom stereocenters. The molecule has 2 fully saturated rings. The Labute approximate surface area is 153 Å². The van der Waals surface area contributed by atoms with Crippen molar-refractivity contribution in [2.24, 2.45) is 11.7 Å². The average molecular weight is 362 g/mol. The molecule has 26 heavy (non-hydrogen) atoms. The molecule has 0 bridgehead atoms. The molecule has 0 radical (unpaired) electrons. The fourth-order valence-corrected chi connectivity index (χ4v) is 3.93. The van der Waals surface area contributed by atoms with Crippen LogP contribution in [0.5, 0.6) is 0 Å². The number of anilines is 1. The zero-order valence-electron chi connectivity index (χ0n) is 15.0. The van der Waals surface area contributed by atoms with Crippen LogP contribution in [0.4, 0.5) is 14.9 Å². The van der Waals surface area contributed by atoms with Crippen molar-refractivity contribution in [1.82, 2.24) is 10.2 Å². The molecule has 1 saturated carbocycles. The van der Waals surface area contributed by atoms with Gasteiger partial charge in [0.15, 0.2) is 0 Å². The molecule has 1 saturated heterocycles. The number of nitrogens with two attached hydrogens (primary N) is 1. The van der Waals surface area contributed by atoms with Gasteiger partial charge in [-0.2, -0.15) is 0 Å². The number of urea groups is 1. The Balaban J connectivity index is 1.47. The molecule has 6 nitrogen and oxygen atoms in total. The second kappa shape index (κ2) is 8.03. The first-order chi connectivity index (χ1) is 12.5. The van der Waals surface area contributed by atoms with E-state index in [9.17, 15) is 14.0 Å². The maximum Gasteiger partial charge on any atom is 0.319 e. The third kappa shape index (κ3) is 4.52. The Hall–Kier alpha value is -2.15. The minimum atomic E-state index is -0.690. The van der Waals surface area contributed by atoms with Crippen LogP contribution >= 0.6 is 0 Å². The van der Waals surface area contributed by atoms with Gasteiger partial charge < -0.3 is 21.3 Å². The van der Waals surface area contributed by atoms with E-state index in [2.05, 4.69) is 10.6 Å². The molecular weight excluding hydrogens is 335 g/mol. The van der Waals surface area contributed by atoms with Gasteiger partial charge in [0, 0.05) is 25.3 Å². The number of amides is 3. The van der Waals surface area contributed by atoms with Crippen molar-refractivity contribution < 1.29 is 14.0 Å². The van der Waals surface area contributed by atoms with Crippen LogP contribution in [0.15, 0.2) is 24.3 Å². The fraction of sp³-hybridized carbons (Fsp3) is 0.579. The summed E-state index contributed by atoms with van der Waals surface area (Å²) in [4.78, 5) is 26.6. The Bertz CT molecular complexity index is 661. The first kappa shape index (κ1) is 18.6. The summed E-state index contributed by atoms with van der Waals surface area (Å²) in [5, 5.41) is 5.43. The maximum atomic E-state index is 13.2. The molecule has 1 atom stereocenters. The minimum Gasteiger partial charge on any atom is -0.341 e. The molecule has 0 aromatic heterocycles. The molecule has 0 spiro atoms. The molecule has 1 aromatic rings. The second-order valence-corrected chi connectivity index (χ2v) is 7.47. The third-order valence-electron chi connectivity index (χ3n) is 5.36. The largest absolute Gasteiger partial charge is 0.341 e. The molecular formula is C19H27FN4O2. The lowest BCUT2D eigenvalue weighted by Gasteiger charge is -2.37. The number of likely N-dealkylation sites (tertiary alicyclic amines) is 1. The zero-order valence-corrected chi connectivity index (χ0v) is 15.0. The summed E-state index contributed by atoms with van der Waals surface area (Å²) in [5.74, 6) is -0.133. The van der Waals surface area contributed by atoms with Crippen LogP contribution in [0.3, 0.4) is 0 Å². The van der Waals surface area contributed by atoms with E-state index >= 15 is 0 Å². The lowest BCUT2D eigenvalue weighted by atomic mass is 9.92. The average Bonchev–Trinajstić information content (AvgIpc) is 3.07. The van der Waals surface area contributed by atoms with Crippen molar-refractivity contribution in [3.63, 3.8) is 0 Å². The van der Waals surface area contributed by atoms with Crippen molar-refractivity contribution >= 4 is 17.6 Å². The molecule has 3 amide bonds. The van der Waals surface area contributed by atoms with Crippen LogP contribution in [0.25, 0.3) is 0 Å². The summed E-state index contributed by atoms with van der Waals surface area (Å²) in [6.45, 7) is 1.84. The molecule has 4 N–H and O–H groups in total. The highest BCUT2D eigenvalue weighted by molar-refractivity contribution is 5.89. The Morgan fingerprint density at radius 2 is 2.04 bits per heavy atom. The number of halogens is 1. The lowest BCUT2D eigenvalue weighted by Crippen LogP contribution is -2.56. The van der Waals surface area contributed by atoms with Gasteiger partial charge in [-0.05, 0) is 49.8 Å². The number of hydrogen-bond donors (Lipinski definition) is 3. The van der Waals surface area contributed by atoms with E-state index in [1.807, 2.05) is 4.90 Å². The van der Waals surface area contributed by atoms with Gasteiger partial charge in [0.25, 0.3) is 0 Å². The summed E-state index contributed by atoms with van der Waals surface area (Å²) in [6.07, 6.45) is 5.44. The van der Waals surface area contributed by atoms with Crippen LogP contribution in [-0.2, 0) is 4.79 Å². The fourth-order valence-electron chi connectivity index (χ4n) is 3.93. The monoisotopic (exact) mass is 362 g/mol. The molecule has 142 valence electrons. The van der Waals surface area contributed by atoms with Crippen LogP contribution < -0.4 is 16.4 Å². The Morgan fingerprint density at radius 3 is 2.77 bits per heavy atom. The molecule has 3 rings (SSSR count). The predicted octanol–water partition coefficient (Wildman–Crippen LogP) is 2.46. The van der Waals surface area contributed by atoms with E-state index in [1.54, 1.807) is 12.1 Å². The number of benzene rings is 1. The van der Waals surface area contributed by atoms with Crippen LogP contribution in [0.2, 0.25) is 0 Å². The molecule has 1 aromatic carbocycles. The van der Waals surface area contributed by atoms with Crippen molar-refractivity contribution in [2.45, 2.75) is 44.1 Å². The SMILES string of the molecule is NC1(C(=O)N2CCCC(CNC(=O)Nc3cccc(F)c3)C2)CCCC1. The number of piperidine rings is 1. The number of rotatable bonds is 4. The zero-order chi connectivity index (χ0) is 18.6. The van der Waals surface area contributed by atoms with Crippen LogP contribution in [-0.4, -0.2) is 42.0 Å². The van der Waals surface area contributed by atoms with Gasteiger partial charge in [-0.1, -0.05) is 18.9 Å². The van der Waals surface area contributed by atoms with E-state index in [-0.39, 0.29) is 17.9 Å². The van der Waals surface area contributed by atoms with E-state index in [0.717, 1.165) is 45.1 Å². The smallest absolute Gasteiger partial charge is 0.319 e. The molecule has 7 heteroatoms. The summed E-state index contributed by atoms with van der Waals surface area (Å²) >= 11 is 0. The highest BCUT2D eigenvalue weighted by Gasteiger charge is 2.40. The first-order valence-electron chi connectivity index (χ1n) is 9.35. The molecule has 1 aliphatic heterocycles. The summed E-state index contributed by atoms with van der Waals surface area (Å²) in [6, 6.07) is 5.40. The highest BCUT2D eigenvalue weighted by Crippen LogP contribution is 2.30. The normalized spacial score (nSPS) is 22.1. The van der Waals surface area contributed by atoms with Crippen molar-refractivity contribution in [3.8, 4) is 0 Å². The molecule has 1 heterocycles. The van der Waals surface area contributed by atoms with Gasteiger partial charge in [-0.25, -0.2) is 9.18 Å². The molecule has 2 aliphatic rings. The highest BCUT2D eigenvalue weighted by atomic mass is 19.1. The number of carbonyl (C=O) groups is 2. The number of hydrogen-bond acceptors (Lipinski definition) is 3. The van der Waals surface area contributed by atoms with Gasteiger partial charge in [0.2, 0.25) is 5.91 Å². The van der Waals surface area contributed by atoms with E-state index in [4.69, 9.17) is 5.73 Å². The third-order valence-corrected chi connectivity index (χ3v) is 5.36. The summed E-state index contributed by atoms with van der Waals surface area (Å²) in [5.41, 5.74) is 6.02. The summed E-state index contributed by atoms with van der Waals surface area (Å²) < 4.78 is 13.2. The van der Waals surface area contributed by atoms with E-state index in [1.165, 1.54) is 12.1 Å². The van der Waals surface area contributed by atoms with Crippen LogP contribution in [0, 0.1) is 11.7 Å². The number of nitrogens with one attached hydrogen (secondary N) is 2. The second-order valence-electron chi connectivity index (χ2n) is 7.47. The lowest BCUT2D eigenvalue weighted by molar-refractivity contribution is -0.138.